The van der Waals surface area contributed by atoms with Gasteiger partial charge in [0, 0.05) is 19.7 Å². The van der Waals surface area contributed by atoms with Gasteiger partial charge in [0.2, 0.25) is 0 Å². The SMILES string of the molecule is CN(C)C1=NCc2ccccc2C1c1ccccc1F.Cl. The minimum atomic E-state index is -0.177. The molecule has 0 aromatic heterocycles. The van der Waals surface area contributed by atoms with E-state index in [4.69, 9.17) is 0 Å². The smallest absolute Gasteiger partial charge is 0.127 e. The second-order valence-electron chi connectivity index (χ2n) is 5.22. The van der Waals surface area contributed by atoms with E-state index in [0.717, 1.165) is 11.4 Å². The van der Waals surface area contributed by atoms with E-state index in [2.05, 4.69) is 17.1 Å². The summed E-state index contributed by atoms with van der Waals surface area (Å²) in [6.07, 6.45) is 0. The van der Waals surface area contributed by atoms with E-state index in [1.54, 1.807) is 6.07 Å². The summed E-state index contributed by atoms with van der Waals surface area (Å²) < 4.78 is 14.2. The van der Waals surface area contributed by atoms with Crippen LogP contribution in [0.4, 0.5) is 4.39 Å². The van der Waals surface area contributed by atoms with Gasteiger partial charge >= 0.3 is 0 Å². The summed E-state index contributed by atoms with van der Waals surface area (Å²) in [5, 5.41) is 0. The molecule has 0 fully saturated rings. The van der Waals surface area contributed by atoms with E-state index in [9.17, 15) is 4.39 Å². The summed E-state index contributed by atoms with van der Waals surface area (Å²) in [4.78, 5) is 6.62. The lowest BCUT2D eigenvalue weighted by atomic mass is 9.84. The molecule has 21 heavy (non-hydrogen) atoms. The monoisotopic (exact) mass is 304 g/mol. The van der Waals surface area contributed by atoms with Crippen LogP contribution in [0.1, 0.15) is 22.6 Å². The van der Waals surface area contributed by atoms with Gasteiger partial charge in [0.15, 0.2) is 0 Å². The molecule has 0 bridgehead atoms. The van der Waals surface area contributed by atoms with Crippen molar-refractivity contribution in [2.45, 2.75) is 12.5 Å². The maximum Gasteiger partial charge on any atom is 0.127 e. The molecule has 4 heteroatoms. The quantitative estimate of drug-likeness (QED) is 0.781. The molecule has 0 radical (unpaired) electrons. The zero-order chi connectivity index (χ0) is 14.1. The van der Waals surface area contributed by atoms with Crippen LogP contribution in [0.15, 0.2) is 53.5 Å². The minimum absolute atomic E-state index is 0. The lowest BCUT2D eigenvalue weighted by molar-refractivity contribution is 0.569. The van der Waals surface area contributed by atoms with Crippen LogP contribution in [0, 0.1) is 5.82 Å². The molecule has 2 aromatic rings. The molecule has 2 nitrogen and oxygen atoms in total. The summed E-state index contributed by atoms with van der Waals surface area (Å²) in [5.41, 5.74) is 3.01. The minimum Gasteiger partial charge on any atom is -0.366 e. The maximum atomic E-state index is 14.2. The molecular weight excluding hydrogens is 287 g/mol. The summed E-state index contributed by atoms with van der Waals surface area (Å²) in [5.74, 6) is 0.605. The Morgan fingerprint density at radius 3 is 2.29 bits per heavy atom. The first-order valence-corrected chi connectivity index (χ1v) is 6.72. The summed E-state index contributed by atoms with van der Waals surface area (Å²) in [6.45, 7) is 0.661. The van der Waals surface area contributed by atoms with Gasteiger partial charge in [-0.1, -0.05) is 42.5 Å². The van der Waals surface area contributed by atoms with E-state index in [1.807, 2.05) is 43.3 Å². The second kappa shape index (κ2) is 6.27. The number of nitrogens with zero attached hydrogens (tertiary/aromatic N) is 2. The van der Waals surface area contributed by atoms with E-state index < -0.39 is 0 Å². The molecule has 110 valence electrons. The van der Waals surface area contributed by atoms with Crippen LogP contribution < -0.4 is 0 Å². The molecule has 1 unspecified atom stereocenters. The van der Waals surface area contributed by atoms with Crippen molar-refractivity contribution in [2.24, 2.45) is 4.99 Å². The summed E-state index contributed by atoms with van der Waals surface area (Å²) in [6, 6.07) is 15.1. The van der Waals surface area contributed by atoms with Crippen molar-refractivity contribution in [2.75, 3.05) is 14.1 Å². The lowest BCUT2D eigenvalue weighted by Gasteiger charge is -2.30. The van der Waals surface area contributed by atoms with Crippen LogP contribution in [0.2, 0.25) is 0 Å². The Hall–Kier alpha value is -1.87. The number of aliphatic imine (C=N–C) groups is 1. The standard InChI is InChI=1S/C17H17FN2.ClH/c1-20(2)17-16(14-9-5-6-10-15(14)18)13-8-4-3-7-12(13)11-19-17;/h3-10,16H,11H2,1-2H3;1H. The molecule has 1 atom stereocenters. The highest BCUT2D eigenvalue weighted by molar-refractivity contribution is 5.93. The van der Waals surface area contributed by atoms with Gasteiger partial charge in [-0.25, -0.2) is 4.39 Å². The number of rotatable bonds is 1. The van der Waals surface area contributed by atoms with Crippen LogP contribution in [-0.2, 0) is 6.54 Å². The average Bonchev–Trinajstić information content (AvgIpc) is 2.46. The van der Waals surface area contributed by atoms with Crippen molar-refractivity contribution < 1.29 is 4.39 Å². The third-order valence-electron chi connectivity index (χ3n) is 3.71. The topological polar surface area (TPSA) is 15.6 Å². The van der Waals surface area contributed by atoms with Gasteiger partial charge in [-0.3, -0.25) is 4.99 Å². The number of benzene rings is 2. The highest BCUT2D eigenvalue weighted by Crippen LogP contribution is 2.34. The molecule has 0 saturated carbocycles. The average molecular weight is 305 g/mol. The van der Waals surface area contributed by atoms with Crippen LogP contribution in [0.25, 0.3) is 0 Å². The Labute approximate surface area is 130 Å². The Bertz CT molecular complexity index is 667. The molecule has 1 aliphatic heterocycles. The summed E-state index contributed by atoms with van der Waals surface area (Å²) in [7, 11) is 3.92. The number of hydrogen-bond donors (Lipinski definition) is 0. The fraction of sp³-hybridized carbons (Fsp3) is 0.235. The van der Waals surface area contributed by atoms with Gasteiger partial charge < -0.3 is 4.90 Å². The molecular formula is C17H18ClFN2. The number of halogens is 2. The second-order valence-corrected chi connectivity index (χ2v) is 5.22. The van der Waals surface area contributed by atoms with Crippen molar-refractivity contribution in [3.05, 3.63) is 71.0 Å². The van der Waals surface area contributed by atoms with Gasteiger partial charge in [-0.2, -0.15) is 0 Å². The van der Waals surface area contributed by atoms with E-state index in [1.165, 1.54) is 11.6 Å². The lowest BCUT2D eigenvalue weighted by Crippen LogP contribution is -2.32. The fourth-order valence-corrected chi connectivity index (χ4v) is 2.77. The normalized spacial score (nSPS) is 16.5. The van der Waals surface area contributed by atoms with Crippen molar-refractivity contribution in [1.82, 2.24) is 4.90 Å². The van der Waals surface area contributed by atoms with E-state index in [0.29, 0.717) is 12.1 Å². The number of hydrogen-bond acceptors (Lipinski definition) is 2. The fourth-order valence-electron chi connectivity index (χ4n) is 2.77. The van der Waals surface area contributed by atoms with Crippen LogP contribution in [0.3, 0.4) is 0 Å². The highest BCUT2D eigenvalue weighted by atomic mass is 35.5. The molecule has 0 N–H and O–H groups in total. The Morgan fingerprint density at radius 1 is 1.00 bits per heavy atom. The van der Waals surface area contributed by atoms with E-state index in [-0.39, 0.29) is 24.1 Å². The molecule has 0 saturated heterocycles. The molecule has 0 amide bonds. The third-order valence-corrected chi connectivity index (χ3v) is 3.71. The number of amidine groups is 1. The van der Waals surface area contributed by atoms with Crippen molar-refractivity contribution in [1.29, 1.82) is 0 Å². The van der Waals surface area contributed by atoms with Gasteiger partial charge in [0.25, 0.3) is 0 Å². The molecule has 2 aromatic carbocycles. The number of fused-ring (bicyclic) bond motifs is 1. The van der Waals surface area contributed by atoms with Gasteiger partial charge in [-0.15, -0.1) is 12.4 Å². The maximum absolute atomic E-state index is 14.2. The molecule has 0 aliphatic carbocycles. The Morgan fingerprint density at radius 2 is 1.62 bits per heavy atom. The largest absolute Gasteiger partial charge is 0.366 e. The molecule has 1 aliphatic rings. The van der Waals surface area contributed by atoms with Crippen LogP contribution in [0.5, 0.6) is 0 Å². The van der Waals surface area contributed by atoms with Crippen molar-refractivity contribution in [3.63, 3.8) is 0 Å². The van der Waals surface area contributed by atoms with Crippen LogP contribution >= 0.6 is 12.4 Å². The zero-order valence-electron chi connectivity index (χ0n) is 12.1. The van der Waals surface area contributed by atoms with Crippen molar-refractivity contribution >= 4 is 18.2 Å². The zero-order valence-corrected chi connectivity index (χ0v) is 12.9. The number of likely N-dealkylation sites (N-methyl/N-ethyl adjacent to an activating group) is 1. The first kappa shape index (κ1) is 15.5. The van der Waals surface area contributed by atoms with E-state index >= 15 is 0 Å². The van der Waals surface area contributed by atoms with Gasteiger partial charge in [-0.05, 0) is 17.2 Å². The van der Waals surface area contributed by atoms with Gasteiger partial charge in [0.1, 0.15) is 11.7 Å². The Kier molecular flexibility index (Phi) is 4.63. The molecule has 0 spiro atoms. The molecule has 3 rings (SSSR count). The third kappa shape index (κ3) is 2.79. The predicted molar refractivity (Wildman–Crippen MR) is 86.8 cm³/mol. The first-order valence-electron chi connectivity index (χ1n) is 6.72. The summed E-state index contributed by atoms with van der Waals surface area (Å²) >= 11 is 0. The van der Waals surface area contributed by atoms with Crippen molar-refractivity contribution in [3.8, 4) is 0 Å². The Balaban J connectivity index is 0.00000161. The van der Waals surface area contributed by atoms with Gasteiger partial charge in [0.05, 0.1) is 12.5 Å². The predicted octanol–water partition coefficient (Wildman–Crippen LogP) is 3.85. The molecule has 1 heterocycles. The first-order chi connectivity index (χ1) is 9.68. The van der Waals surface area contributed by atoms with Crippen LogP contribution in [-0.4, -0.2) is 24.8 Å². The highest BCUT2D eigenvalue weighted by Gasteiger charge is 2.29.